The Labute approximate surface area is 485 Å². The second-order valence-corrected chi connectivity index (χ2v) is 20.5. The maximum Gasteiger partial charge on any atom is 0.327 e. The molecule has 1 aromatic heterocycles. The highest BCUT2D eigenvalue weighted by atomic mass is 32.1. The van der Waals surface area contributed by atoms with Crippen LogP contribution in [0.15, 0.2) is 115 Å². The summed E-state index contributed by atoms with van der Waals surface area (Å²) in [4.78, 5) is 127. The molecule has 25 heteroatoms. The third-order valence-electron chi connectivity index (χ3n) is 13.3. The fraction of sp³-hybridized carbons (Fsp3) is 0.386. The number of aromatic hydroxyl groups is 1. The van der Waals surface area contributed by atoms with Crippen LogP contribution in [0.1, 0.15) is 55.4 Å². The lowest BCUT2D eigenvalue weighted by atomic mass is 10.0. The maximum absolute atomic E-state index is 14.6. The van der Waals surface area contributed by atoms with Crippen molar-refractivity contribution in [2.45, 2.75) is 119 Å². The van der Waals surface area contributed by atoms with Gasteiger partial charge in [0.2, 0.25) is 47.3 Å². The third-order valence-corrected chi connectivity index (χ3v) is 14.0. The summed E-state index contributed by atoms with van der Waals surface area (Å²) in [5, 5.41) is 51.6. The van der Waals surface area contributed by atoms with E-state index < -0.39 is 114 Å². The summed E-state index contributed by atoms with van der Waals surface area (Å²) < 4.78 is 0. The summed E-state index contributed by atoms with van der Waals surface area (Å²) in [6, 6.07) is 18.2. The summed E-state index contributed by atoms with van der Waals surface area (Å²) in [7, 11) is 0. The number of carboxylic acid groups (broad SMARTS) is 1. The Bertz CT molecular complexity index is 2950. The van der Waals surface area contributed by atoms with Crippen LogP contribution in [0.4, 0.5) is 0 Å². The van der Waals surface area contributed by atoms with Gasteiger partial charge in [-0.3, -0.25) is 38.4 Å². The zero-order chi connectivity index (χ0) is 59.9. The van der Waals surface area contributed by atoms with Crippen molar-refractivity contribution in [3.05, 3.63) is 138 Å². The molecule has 440 valence electrons. The van der Waals surface area contributed by atoms with Crippen molar-refractivity contribution in [1.29, 1.82) is 0 Å². The molecule has 23 nitrogen and oxygen atoms in total. The van der Waals surface area contributed by atoms with Gasteiger partial charge >= 0.3 is 5.97 Å². The number of H-pyrrole nitrogens is 1. The Kier molecular flexibility index (Phi) is 25.7. The Hall–Kier alpha value is -7.97. The first-order valence-electron chi connectivity index (χ1n) is 26.6. The van der Waals surface area contributed by atoms with Crippen molar-refractivity contribution < 1.29 is 58.5 Å². The molecule has 0 unspecified atom stereocenters. The Balaban J connectivity index is 1.35. The summed E-state index contributed by atoms with van der Waals surface area (Å²) in [6.07, 6.45) is 0.568. The van der Waals surface area contributed by atoms with Crippen LogP contribution in [0.5, 0.6) is 5.75 Å². The number of phenolic OH excluding ortho intramolecular Hbond substituents is 1. The van der Waals surface area contributed by atoms with E-state index in [-0.39, 0.29) is 55.9 Å². The highest BCUT2D eigenvalue weighted by Gasteiger charge is 2.36. The minimum Gasteiger partial charge on any atom is -0.508 e. The number of aliphatic hydroxyl groups excluding tert-OH is 1. The number of unbranched alkanes of at least 4 members (excludes halogenated alkanes) is 1. The lowest BCUT2D eigenvalue weighted by Crippen LogP contribution is -2.62. The van der Waals surface area contributed by atoms with E-state index in [0.29, 0.717) is 35.1 Å². The van der Waals surface area contributed by atoms with Gasteiger partial charge in [0.25, 0.3) is 0 Å². The summed E-state index contributed by atoms with van der Waals surface area (Å²) in [5.41, 5.74) is 15.2. The van der Waals surface area contributed by atoms with E-state index in [1.807, 2.05) is 6.07 Å². The van der Waals surface area contributed by atoms with Gasteiger partial charge in [0.15, 0.2) is 0 Å². The predicted octanol–water partition coefficient (Wildman–Crippen LogP) is -0.176. The van der Waals surface area contributed by atoms with Gasteiger partial charge in [0.05, 0.1) is 12.1 Å². The molecule has 0 radical (unpaired) electrons. The number of hydrogen-bond donors (Lipinski definition) is 16. The number of aromatic amines is 1. The molecule has 0 saturated carbocycles. The number of phenols is 1. The number of carbonyl (C=O) groups excluding carboxylic acids is 8. The molecule has 0 aliphatic heterocycles. The van der Waals surface area contributed by atoms with Gasteiger partial charge in [0.1, 0.15) is 54.1 Å². The fourth-order valence-electron chi connectivity index (χ4n) is 8.66. The Morgan fingerprint density at radius 1 is 0.512 bits per heavy atom. The number of fused-ring (bicyclic) bond motifs is 1. The first-order valence-corrected chi connectivity index (χ1v) is 27.9. The Morgan fingerprint density at radius 2 is 0.976 bits per heavy atom. The number of aliphatic hydroxyl groups is 1. The lowest BCUT2D eigenvalue weighted by Gasteiger charge is -2.28. The second-order valence-electron chi connectivity index (χ2n) is 19.7. The van der Waals surface area contributed by atoms with Crippen molar-refractivity contribution >= 4 is 89.4 Å². The number of rotatable bonds is 32. The molecule has 82 heavy (non-hydrogen) atoms. The van der Waals surface area contributed by atoms with Crippen LogP contribution < -0.4 is 54.0 Å². The molecule has 0 bridgehead atoms. The molecule has 0 fully saturated rings. The Morgan fingerprint density at radius 3 is 1.54 bits per heavy atom. The van der Waals surface area contributed by atoms with E-state index >= 15 is 0 Å². The quantitative estimate of drug-likeness (QED) is 0.0196. The van der Waals surface area contributed by atoms with Crippen molar-refractivity contribution in [2.24, 2.45) is 11.5 Å². The van der Waals surface area contributed by atoms with E-state index in [0.717, 1.165) is 10.9 Å². The van der Waals surface area contributed by atoms with E-state index in [2.05, 4.69) is 72.8 Å². The van der Waals surface area contributed by atoms with Crippen LogP contribution in [-0.4, -0.2) is 152 Å². The molecule has 16 N–H and O–H groups in total. The van der Waals surface area contributed by atoms with E-state index in [9.17, 15) is 58.5 Å². The van der Waals surface area contributed by atoms with Crippen LogP contribution in [-0.2, 0) is 68.8 Å². The minimum absolute atomic E-state index is 0.0264. The van der Waals surface area contributed by atoms with Crippen LogP contribution in [0.25, 0.3) is 10.9 Å². The molecule has 10 atom stereocenters. The number of hydrogen-bond acceptors (Lipinski definition) is 15. The van der Waals surface area contributed by atoms with Gasteiger partial charge in [-0.2, -0.15) is 25.3 Å². The van der Waals surface area contributed by atoms with Crippen molar-refractivity contribution in [3.8, 4) is 5.75 Å². The number of nitrogens with one attached hydrogen (secondary N) is 9. The topological polar surface area (TPSA) is 378 Å². The van der Waals surface area contributed by atoms with Crippen LogP contribution in [0.3, 0.4) is 0 Å². The number of aliphatic carboxylic acids is 1. The summed E-state index contributed by atoms with van der Waals surface area (Å²) in [6.45, 7) is 2.82. The van der Waals surface area contributed by atoms with Crippen LogP contribution in [0.2, 0.25) is 0 Å². The maximum atomic E-state index is 14.6. The minimum atomic E-state index is -1.71. The molecule has 0 aliphatic carbocycles. The number of nitrogens with two attached hydrogens (primary N) is 2. The fourth-order valence-corrected chi connectivity index (χ4v) is 9.16. The number of thiol groups is 2. The van der Waals surface area contributed by atoms with Gasteiger partial charge in [-0.25, -0.2) is 4.79 Å². The number of amides is 8. The largest absolute Gasteiger partial charge is 0.508 e. The molecule has 0 spiro atoms. The smallest absolute Gasteiger partial charge is 0.327 e. The van der Waals surface area contributed by atoms with Crippen molar-refractivity contribution in [2.75, 3.05) is 18.1 Å². The van der Waals surface area contributed by atoms with Crippen LogP contribution in [0, 0.1) is 0 Å². The highest BCUT2D eigenvalue weighted by Crippen LogP contribution is 2.20. The van der Waals surface area contributed by atoms with Gasteiger partial charge in [-0.1, -0.05) is 91.0 Å². The highest BCUT2D eigenvalue weighted by molar-refractivity contribution is 7.80. The molecule has 0 aliphatic rings. The zero-order valence-electron chi connectivity index (χ0n) is 45.4. The van der Waals surface area contributed by atoms with Gasteiger partial charge in [-0.05, 0) is 86.5 Å². The van der Waals surface area contributed by atoms with E-state index in [1.54, 1.807) is 97.2 Å². The van der Waals surface area contributed by atoms with Crippen molar-refractivity contribution in [1.82, 2.24) is 47.5 Å². The number of aromatic nitrogens is 1. The number of carbonyl (C=O) groups is 9. The molecular formula is C57H73N11O12S2. The summed E-state index contributed by atoms with van der Waals surface area (Å²) >= 11 is 8.29. The molecular weight excluding hydrogens is 1090 g/mol. The molecule has 1 heterocycles. The standard InChI is InChI=1S/C57H73N11O12S2/c1-32(61-52(74)43(26-34-13-5-3-6-14-34)64-55(77)46(30-81)66-50(72)40(59)25-36-20-22-38(70)23-21-36)49(71)63-45(28-37-29-60-41-18-10-9-17-39(37)41)54(76)62-42(19-11-12-24-58)51(73)68-48(33(2)69)56(78)65-44(27-35-15-7-4-8-16-35)53(75)67-47(31-82)57(79)80/h3-10,13-18,20-23,29,32-33,40,42-48,60,69-70,81-82H,11-12,19,24-28,30-31,58-59H2,1-2H3,(H,61,74)(H,62,76)(H,63,71)(H,64,77)(H,65,78)(H,66,72)(H,67,75)(H,68,73)(H,79,80)/t32-,33+,40-,42-,43-,44-,45+,46-,47-,48-/m0/s1. The normalized spacial score (nSPS) is 14.8. The van der Waals surface area contributed by atoms with E-state index in [4.69, 9.17) is 11.5 Å². The average Bonchev–Trinajstić information content (AvgIpc) is 3.95. The molecule has 0 saturated heterocycles. The first kappa shape index (κ1) is 64.8. The molecule has 8 amide bonds. The average molecular weight is 1170 g/mol. The third kappa shape index (κ3) is 19.9. The van der Waals surface area contributed by atoms with Gasteiger partial charge < -0.3 is 74.3 Å². The number of carboxylic acids is 1. The molecule has 5 rings (SSSR count). The predicted molar refractivity (Wildman–Crippen MR) is 313 cm³/mol. The molecule has 4 aromatic carbocycles. The first-order chi connectivity index (χ1) is 39.2. The van der Waals surface area contributed by atoms with E-state index in [1.165, 1.54) is 26.0 Å². The molecule has 5 aromatic rings. The number of benzene rings is 4. The monoisotopic (exact) mass is 1170 g/mol. The zero-order valence-corrected chi connectivity index (χ0v) is 47.2. The summed E-state index contributed by atoms with van der Waals surface area (Å²) in [5.74, 6) is -8.51. The lowest BCUT2D eigenvalue weighted by molar-refractivity contribution is -0.141. The second kappa shape index (κ2) is 32.5. The van der Waals surface area contributed by atoms with Crippen LogP contribution >= 0.6 is 25.3 Å². The number of para-hydroxylation sites is 1. The van der Waals surface area contributed by atoms with Gasteiger partial charge in [-0.15, -0.1) is 0 Å². The van der Waals surface area contributed by atoms with Gasteiger partial charge in [0, 0.05) is 47.9 Å². The SMILES string of the molecule is C[C@H](NC(=O)[C@H](Cc1ccccc1)NC(=O)[C@H](CS)NC(=O)[C@@H](N)Cc1ccc(O)cc1)C(=O)N[C@H](Cc1c[nH]c2ccccc12)C(=O)N[C@@H](CCCCN)C(=O)N[C@H](C(=O)N[C@@H](Cc1ccccc1)C(=O)N[C@@H](CS)C(=O)O)[C@@H](C)O. The van der Waals surface area contributed by atoms with Crippen molar-refractivity contribution in [3.63, 3.8) is 0 Å².